The number of aromatic nitrogens is 8. The highest BCUT2D eigenvalue weighted by molar-refractivity contribution is 9.10. The third kappa shape index (κ3) is 8.63. The fourth-order valence-corrected chi connectivity index (χ4v) is 8.08. The summed E-state index contributed by atoms with van der Waals surface area (Å²) < 4.78 is 61.4. The Morgan fingerprint density at radius 1 is 0.638 bits per heavy atom. The molecule has 0 bridgehead atoms. The first-order chi connectivity index (χ1) is 28.1. The van der Waals surface area contributed by atoms with Gasteiger partial charge in [-0.1, -0.05) is 71.2 Å². The Morgan fingerprint density at radius 3 is 1.45 bits per heavy atom. The molecular weight excluding hydrogens is 818 g/mol. The minimum absolute atomic E-state index is 0.00174. The maximum Gasteiger partial charge on any atom is 0.314 e. The summed E-state index contributed by atoms with van der Waals surface area (Å²) in [6.07, 6.45) is 12.3. The molecule has 2 aliphatic carbocycles. The molecule has 58 heavy (non-hydrogen) atoms. The molecule has 0 N–H and O–H groups in total. The molecule has 0 spiro atoms. The van der Waals surface area contributed by atoms with E-state index in [1.165, 1.54) is 35.1 Å². The summed E-state index contributed by atoms with van der Waals surface area (Å²) in [7, 11) is 2.15. The third-order valence-electron chi connectivity index (χ3n) is 11.5. The molecule has 4 aromatic heterocycles. The van der Waals surface area contributed by atoms with Gasteiger partial charge in [0.05, 0.1) is 11.1 Å². The summed E-state index contributed by atoms with van der Waals surface area (Å²) in [5.74, 6) is 0.0425. The lowest BCUT2D eigenvalue weighted by molar-refractivity contribution is 0.115. The minimum atomic E-state index is -2.79. The highest BCUT2D eigenvalue weighted by Gasteiger charge is 2.40. The van der Waals surface area contributed by atoms with Crippen LogP contribution in [0, 0.1) is 0 Å². The molecule has 9 rings (SSSR count). The highest BCUT2D eigenvalue weighted by Crippen LogP contribution is 2.47. The number of hydrogen-bond donors (Lipinski definition) is 0. The van der Waals surface area contributed by atoms with Gasteiger partial charge in [-0.25, -0.2) is 19.9 Å². The molecule has 300 valence electrons. The Labute approximate surface area is 340 Å². The lowest BCUT2D eigenvalue weighted by atomic mass is 9.62. The van der Waals surface area contributed by atoms with Gasteiger partial charge in [0.1, 0.15) is 11.6 Å². The van der Waals surface area contributed by atoms with E-state index in [1.807, 2.05) is 0 Å². The average molecular weight is 859 g/mol. The van der Waals surface area contributed by atoms with Crippen molar-refractivity contribution in [1.82, 2.24) is 45.2 Å². The van der Waals surface area contributed by atoms with Crippen LogP contribution < -0.4 is 0 Å². The second-order valence-electron chi connectivity index (χ2n) is 15.2. The molecule has 5 heterocycles. The van der Waals surface area contributed by atoms with Crippen molar-refractivity contribution in [1.29, 1.82) is 0 Å². The molecule has 2 aromatic carbocycles. The predicted molar refractivity (Wildman–Crippen MR) is 210 cm³/mol. The van der Waals surface area contributed by atoms with Crippen molar-refractivity contribution in [2.24, 2.45) is 0 Å². The number of benzene rings is 2. The van der Waals surface area contributed by atoms with Crippen molar-refractivity contribution in [3.63, 3.8) is 0 Å². The van der Waals surface area contributed by atoms with Gasteiger partial charge in [0.2, 0.25) is 0 Å². The van der Waals surface area contributed by atoms with Crippen LogP contribution in [0.2, 0.25) is 0 Å². The van der Waals surface area contributed by atoms with Gasteiger partial charge < -0.3 is 13.7 Å². The van der Waals surface area contributed by atoms with Gasteiger partial charge in [0.15, 0.2) is 0 Å². The molecule has 0 atom stereocenters. The van der Waals surface area contributed by atoms with Gasteiger partial charge in [0.25, 0.3) is 23.6 Å². The number of nitrogens with zero attached hydrogens (tertiary/aromatic N) is 9. The van der Waals surface area contributed by atoms with Gasteiger partial charge in [-0.3, -0.25) is 0 Å². The number of halogens is 5. The first-order valence-corrected chi connectivity index (χ1v) is 20.0. The van der Waals surface area contributed by atoms with E-state index in [4.69, 9.17) is 8.83 Å². The maximum atomic E-state index is 12.7. The fraction of sp³-hybridized carbons (Fsp3) is 0.381. The Kier molecular flexibility index (Phi) is 11.6. The Hall–Kier alpha value is -5.22. The summed E-state index contributed by atoms with van der Waals surface area (Å²) in [4.78, 5) is 20.0. The van der Waals surface area contributed by atoms with Crippen molar-refractivity contribution < 1.29 is 26.4 Å². The van der Waals surface area contributed by atoms with Crippen LogP contribution in [0.5, 0.6) is 0 Å². The van der Waals surface area contributed by atoms with Gasteiger partial charge >= 0.3 is 12.9 Å². The molecule has 2 fully saturated rings. The van der Waals surface area contributed by atoms with Crippen molar-refractivity contribution in [2.75, 3.05) is 20.1 Å². The molecule has 6 aromatic rings. The summed E-state index contributed by atoms with van der Waals surface area (Å²) in [5, 5.41) is 13.9. The van der Waals surface area contributed by atoms with E-state index in [-0.39, 0.29) is 22.6 Å². The van der Waals surface area contributed by atoms with E-state index in [9.17, 15) is 17.6 Å². The van der Waals surface area contributed by atoms with Gasteiger partial charge in [0, 0.05) is 66.0 Å². The molecule has 3 aliphatic rings. The zero-order valence-electron chi connectivity index (χ0n) is 31.7. The smallest absolute Gasteiger partial charge is 0.314 e. The Balaban J connectivity index is 0.000000165. The van der Waals surface area contributed by atoms with Gasteiger partial charge in [-0.05, 0) is 73.5 Å². The summed E-state index contributed by atoms with van der Waals surface area (Å²) >= 11 is 3.47. The van der Waals surface area contributed by atoms with Gasteiger partial charge in [-0.2, -0.15) is 17.6 Å². The van der Waals surface area contributed by atoms with E-state index in [1.54, 1.807) is 24.8 Å². The topological polar surface area (TPSA) is 133 Å². The molecule has 1 aliphatic heterocycles. The monoisotopic (exact) mass is 857 g/mol. The largest absolute Gasteiger partial charge is 0.415 e. The minimum Gasteiger partial charge on any atom is -0.415 e. The van der Waals surface area contributed by atoms with Crippen LogP contribution in [0.1, 0.15) is 97.9 Å². The van der Waals surface area contributed by atoms with Crippen molar-refractivity contribution in [3.05, 3.63) is 124 Å². The van der Waals surface area contributed by atoms with E-state index >= 15 is 0 Å². The van der Waals surface area contributed by atoms with Crippen LogP contribution in [0.3, 0.4) is 0 Å². The highest BCUT2D eigenvalue weighted by atomic mass is 79.9. The summed E-state index contributed by atoms with van der Waals surface area (Å²) in [6.45, 7) is 2.10. The number of alkyl halides is 4. The van der Waals surface area contributed by atoms with Gasteiger partial charge in [-0.15, -0.1) is 20.4 Å². The normalized spacial score (nSPS) is 17.3. The lowest BCUT2D eigenvalue weighted by Gasteiger charge is -2.42. The fourth-order valence-electron chi connectivity index (χ4n) is 7.81. The zero-order valence-corrected chi connectivity index (χ0v) is 33.3. The molecular formula is C42H40BrF4N9O2. The second-order valence-corrected chi connectivity index (χ2v) is 16.1. The molecule has 0 unspecified atom stereocenters. The molecule has 2 saturated carbocycles. The van der Waals surface area contributed by atoms with E-state index in [0.717, 1.165) is 68.3 Å². The lowest BCUT2D eigenvalue weighted by Crippen LogP contribution is -2.37. The molecule has 0 saturated heterocycles. The Morgan fingerprint density at radius 2 is 1.09 bits per heavy atom. The SMILES string of the molecule is CN1CC=C(c2ccc(C3(Cc4ncc(-c5nnc(C(F)F)o5)cn4)CCC3)cc2)CC1.FC(F)c1nnc(-c2cnc(CC3(c4ccc(Br)cc4)CCC3)nc2)o1. The molecule has 11 nitrogen and oxygen atoms in total. The first-order valence-electron chi connectivity index (χ1n) is 19.2. The zero-order chi connectivity index (χ0) is 40.3. The van der Waals surface area contributed by atoms with Crippen LogP contribution in [0.15, 0.2) is 92.7 Å². The molecule has 16 heteroatoms. The predicted octanol–water partition coefficient (Wildman–Crippen LogP) is 9.74. The maximum absolute atomic E-state index is 12.7. The quantitative estimate of drug-likeness (QED) is 0.115. The summed E-state index contributed by atoms with van der Waals surface area (Å²) in [6, 6.07) is 17.4. The van der Waals surface area contributed by atoms with Crippen LogP contribution in [0.25, 0.3) is 28.5 Å². The van der Waals surface area contributed by atoms with E-state index in [0.29, 0.717) is 17.0 Å². The van der Waals surface area contributed by atoms with Crippen molar-refractivity contribution in [2.45, 2.75) is 81.5 Å². The summed E-state index contributed by atoms with van der Waals surface area (Å²) in [5.41, 5.74) is 6.33. The average Bonchev–Trinajstić information content (AvgIpc) is 3.92. The molecule has 0 radical (unpaired) electrons. The second kappa shape index (κ2) is 16.9. The van der Waals surface area contributed by atoms with Crippen molar-refractivity contribution in [3.8, 4) is 22.9 Å². The van der Waals surface area contributed by atoms with E-state index < -0.39 is 24.6 Å². The van der Waals surface area contributed by atoms with Crippen LogP contribution in [0.4, 0.5) is 17.6 Å². The number of likely N-dealkylation sites (N-methyl/N-ethyl adjacent to an activating group) is 1. The number of rotatable bonds is 11. The molecule has 0 amide bonds. The van der Waals surface area contributed by atoms with Crippen LogP contribution >= 0.6 is 15.9 Å². The van der Waals surface area contributed by atoms with Crippen LogP contribution in [-0.2, 0) is 23.7 Å². The number of hydrogen-bond acceptors (Lipinski definition) is 11. The standard InChI is InChI=1S/C24H25F2N5O.C18H15BrF2N4O/c1-31-11-7-17(8-12-31)16-3-5-19(6-4-16)24(9-2-10-24)13-20-27-14-18(15-28-20)22-29-30-23(32-22)21(25)26;19-13-4-2-12(3-5-13)18(6-1-7-18)8-14-22-9-11(10-23-14)16-24-25-17(26-16)15(20)21/h3-7,14-15,21H,2,8-13H2,1H3;2-5,9-10,15H,1,6-8H2. The van der Waals surface area contributed by atoms with Crippen LogP contribution in [-0.4, -0.2) is 65.4 Å². The third-order valence-corrected chi connectivity index (χ3v) is 12.0. The van der Waals surface area contributed by atoms with Crippen molar-refractivity contribution >= 4 is 21.5 Å². The Bertz CT molecular complexity index is 2330. The van der Waals surface area contributed by atoms with E-state index in [2.05, 4.69) is 123 Å². The first kappa shape index (κ1) is 39.6.